The van der Waals surface area contributed by atoms with Crippen LogP contribution < -0.4 is 0 Å². The maximum Gasteiger partial charge on any atom is 0.226 e. The van der Waals surface area contributed by atoms with Gasteiger partial charge in [0, 0.05) is 46.5 Å². The van der Waals surface area contributed by atoms with E-state index in [1.165, 1.54) is 0 Å². The molecule has 22 heavy (non-hydrogen) atoms. The lowest BCUT2D eigenvalue weighted by molar-refractivity contribution is 0.198. The minimum absolute atomic E-state index is 0.203. The molecule has 0 amide bonds. The Morgan fingerprint density at radius 2 is 2.05 bits per heavy atom. The Balaban J connectivity index is 1.79. The Hall–Kier alpha value is -1.46. The van der Waals surface area contributed by atoms with Gasteiger partial charge in [-0.3, -0.25) is 9.11 Å². The molecule has 0 N–H and O–H groups in total. The molecule has 1 fully saturated rings. The SMILES string of the molecule is Cc1oc(-c2ccccc2)nc1CN1CC[S@](=O)[C@@H](C)[C@@H]1C. The lowest BCUT2D eigenvalue weighted by Crippen LogP contribution is -2.49. The Kier molecular flexibility index (Phi) is 4.45. The summed E-state index contributed by atoms with van der Waals surface area (Å²) in [5.41, 5.74) is 1.98. The highest BCUT2D eigenvalue weighted by atomic mass is 32.2. The van der Waals surface area contributed by atoms with Crippen molar-refractivity contribution < 1.29 is 8.63 Å². The van der Waals surface area contributed by atoms with E-state index in [0.29, 0.717) is 11.9 Å². The van der Waals surface area contributed by atoms with Crippen LogP contribution in [0.1, 0.15) is 25.3 Å². The van der Waals surface area contributed by atoms with Crippen molar-refractivity contribution in [2.45, 2.75) is 38.6 Å². The molecule has 1 aliphatic heterocycles. The Bertz CT molecular complexity index is 669. The molecule has 1 aliphatic rings. The van der Waals surface area contributed by atoms with Crippen molar-refractivity contribution in [1.29, 1.82) is 0 Å². The molecular formula is C17H22N2O2S. The topological polar surface area (TPSA) is 46.3 Å². The van der Waals surface area contributed by atoms with Gasteiger partial charge in [-0.25, -0.2) is 4.98 Å². The van der Waals surface area contributed by atoms with E-state index >= 15 is 0 Å². The first-order valence-corrected chi connectivity index (χ1v) is 9.07. The second-order valence-electron chi connectivity index (χ2n) is 5.89. The van der Waals surface area contributed by atoms with E-state index in [1.807, 2.05) is 37.3 Å². The maximum atomic E-state index is 11.9. The van der Waals surface area contributed by atoms with Gasteiger partial charge in [0.25, 0.3) is 0 Å². The summed E-state index contributed by atoms with van der Waals surface area (Å²) in [5.74, 6) is 2.29. The van der Waals surface area contributed by atoms with Gasteiger partial charge in [-0.05, 0) is 32.9 Å². The fraction of sp³-hybridized carbons (Fsp3) is 0.471. The molecule has 0 radical (unpaired) electrons. The number of rotatable bonds is 3. The summed E-state index contributed by atoms with van der Waals surface area (Å²) in [6, 6.07) is 10.3. The van der Waals surface area contributed by atoms with Crippen molar-refractivity contribution in [3.8, 4) is 11.5 Å². The van der Waals surface area contributed by atoms with Gasteiger partial charge >= 0.3 is 0 Å². The average molecular weight is 318 g/mol. The lowest BCUT2D eigenvalue weighted by Gasteiger charge is -2.36. The van der Waals surface area contributed by atoms with Gasteiger partial charge in [0.1, 0.15) is 5.76 Å². The second kappa shape index (κ2) is 6.34. The molecular weight excluding hydrogens is 296 g/mol. The number of oxazole rings is 1. The first kappa shape index (κ1) is 15.4. The monoisotopic (exact) mass is 318 g/mol. The smallest absolute Gasteiger partial charge is 0.226 e. The van der Waals surface area contributed by atoms with Crippen LogP contribution in [0.3, 0.4) is 0 Å². The average Bonchev–Trinajstić information content (AvgIpc) is 2.90. The van der Waals surface area contributed by atoms with E-state index in [2.05, 4.69) is 23.7 Å². The van der Waals surface area contributed by atoms with E-state index in [0.717, 1.165) is 35.9 Å². The number of aryl methyl sites for hydroxylation is 1. The van der Waals surface area contributed by atoms with Gasteiger partial charge < -0.3 is 4.42 Å². The standard InChI is InChI=1S/C17H22N2O2S/c1-12-14(3)22(20)10-9-19(12)11-16-13(2)21-17(18-16)15-7-5-4-6-8-15/h4-8,12,14H,9-11H2,1-3H3/t12-,14-,22-/m0/s1. The zero-order valence-electron chi connectivity index (χ0n) is 13.3. The van der Waals surface area contributed by atoms with Crippen molar-refractivity contribution in [1.82, 2.24) is 9.88 Å². The van der Waals surface area contributed by atoms with E-state index < -0.39 is 10.8 Å². The zero-order valence-corrected chi connectivity index (χ0v) is 14.1. The van der Waals surface area contributed by atoms with E-state index in [-0.39, 0.29) is 5.25 Å². The normalized spacial score (nSPS) is 26.2. The highest BCUT2D eigenvalue weighted by Crippen LogP contribution is 2.24. The number of aromatic nitrogens is 1. The predicted molar refractivity (Wildman–Crippen MR) is 89.0 cm³/mol. The molecule has 0 spiro atoms. The van der Waals surface area contributed by atoms with Crippen molar-refractivity contribution in [2.75, 3.05) is 12.3 Å². The molecule has 0 saturated carbocycles. The van der Waals surface area contributed by atoms with Gasteiger partial charge in [0.05, 0.1) is 5.69 Å². The van der Waals surface area contributed by atoms with Gasteiger partial charge in [0.2, 0.25) is 5.89 Å². The Labute approximate surface area is 134 Å². The first-order chi connectivity index (χ1) is 10.6. The van der Waals surface area contributed by atoms with Crippen LogP contribution in [0.25, 0.3) is 11.5 Å². The maximum absolute atomic E-state index is 11.9. The van der Waals surface area contributed by atoms with E-state index in [4.69, 9.17) is 4.42 Å². The van der Waals surface area contributed by atoms with Crippen LogP contribution in [0, 0.1) is 6.92 Å². The molecule has 1 saturated heterocycles. The van der Waals surface area contributed by atoms with Crippen LogP contribution in [0.5, 0.6) is 0 Å². The largest absolute Gasteiger partial charge is 0.441 e. The summed E-state index contributed by atoms with van der Waals surface area (Å²) in [6.07, 6.45) is 0. The van der Waals surface area contributed by atoms with Crippen LogP contribution in [0.15, 0.2) is 34.7 Å². The van der Waals surface area contributed by atoms with E-state index in [9.17, 15) is 4.21 Å². The van der Waals surface area contributed by atoms with Crippen molar-refractivity contribution in [3.05, 3.63) is 41.8 Å². The van der Waals surface area contributed by atoms with Crippen molar-refractivity contribution >= 4 is 10.8 Å². The van der Waals surface area contributed by atoms with Gasteiger partial charge in [-0.1, -0.05) is 18.2 Å². The molecule has 3 atom stereocenters. The molecule has 0 aliphatic carbocycles. The number of hydrogen-bond donors (Lipinski definition) is 0. The fourth-order valence-corrected chi connectivity index (χ4v) is 4.21. The van der Waals surface area contributed by atoms with Gasteiger partial charge in [-0.2, -0.15) is 0 Å². The quantitative estimate of drug-likeness (QED) is 0.873. The fourth-order valence-electron chi connectivity index (χ4n) is 2.81. The molecule has 4 nitrogen and oxygen atoms in total. The number of benzene rings is 1. The van der Waals surface area contributed by atoms with Crippen molar-refractivity contribution in [3.63, 3.8) is 0 Å². The summed E-state index contributed by atoms with van der Waals surface area (Å²) >= 11 is 0. The van der Waals surface area contributed by atoms with Crippen LogP contribution in [-0.2, 0) is 17.3 Å². The summed E-state index contributed by atoms with van der Waals surface area (Å²) in [5, 5.41) is 0.203. The summed E-state index contributed by atoms with van der Waals surface area (Å²) in [4.78, 5) is 7.02. The summed E-state index contributed by atoms with van der Waals surface area (Å²) in [6.45, 7) is 7.79. The zero-order chi connectivity index (χ0) is 15.7. The van der Waals surface area contributed by atoms with Gasteiger partial charge in [-0.15, -0.1) is 0 Å². The predicted octanol–water partition coefficient (Wildman–Crippen LogP) is 2.99. The highest BCUT2D eigenvalue weighted by molar-refractivity contribution is 7.85. The van der Waals surface area contributed by atoms with Crippen LogP contribution in [0.4, 0.5) is 0 Å². The molecule has 5 heteroatoms. The molecule has 1 aromatic carbocycles. The van der Waals surface area contributed by atoms with Crippen LogP contribution in [0.2, 0.25) is 0 Å². The molecule has 3 rings (SSSR count). The summed E-state index contributed by atoms with van der Waals surface area (Å²) < 4.78 is 17.7. The third-order valence-corrected chi connectivity index (χ3v) is 6.32. The summed E-state index contributed by atoms with van der Waals surface area (Å²) in [7, 11) is -0.709. The molecule has 0 unspecified atom stereocenters. The van der Waals surface area contributed by atoms with E-state index in [1.54, 1.807) is 0 Å². The number of hydrogen-bond acceptors (Lipinski definition) is 4. The number of nitrogens with zero attached hydrogens (tertiary/aromatic N) is 2. The van der Waals surface area contributed by atoms with Gasteiger partial charge in [0.15, 0.2) is 0 Å². The van der Waals surface area contributed by atoms with Crippen LogP contribution in [-0.4, -0.2) is 37.7 Å². The highest BCUT2D eigenvalue weighted by Gasteiger charge is 2.30. The third kappa shape index (κ3) is 3.01. The minimum atomic E-state index is -0.709. The molecule has 118 valence electrons. The Morgan fingerprint density at radius 3 is 2.77 bits per heavy atom. The van der Waals surface area contributed by atoms with Crippen molar-refractivity contribution in [2.24, 2.45) is 0 Å². The lowest BCUT2D eigenvalue weighted by atomic mass is 10.2. The third-order valence-electron chi connectivity index (χ3n) is 4.52. The Morgan fingerprint density at radius 1 is 1.32 bits per heavy atom. The molecule has 0 bridgehead atoms. The molecule has 2 heterocycles. The first-order valence-electron chi connectivity index (χ1n) is 7.69. The second-order valence-corrected chi connectivity index (χ2v) is 7.80. The molecule has 2 aromatic rings. The minimum Gasteiger partial charge on any atom is -0.441 e. The molecule has 1 aromatic heterocycles. The van der Waals surface area contributed by atoms with Crippen LogP contribution >= 0.6 is 0 Å².